The number of hydrogen-bond acceptors (Lipinski definition) is 6. The Morgan fingerprint density at radius 1 is 1.09 bits per heavy atom. The van der Waals surface area contributed by atoms with Crippen LogP contribution in [0, 0.1) is 0 Å². The van der Waals surface area contributed by atoms with Gasteiger partial charge in [-0.2, -0.15) is 18.3 Å². The lowest BCUT2D eigenvalue weighted by molar-refractivity contribution is -0.141. The molecule has 0 unspecified atom stereocenters. The SMILES string of the molecule is C=C(C)N1CCN(c2ccc(NC(=O)Cn3cc(-c4ccnc(C(F)(F)F)c4)cn3)nc2)CC1. The fraction of sp³-hybridized carbons (Fsp3) is 0.304. The van der Waals surface area contributed by atoms with Crippen LogP contribution < -0.4 is 10.2 Å². The maximum Gasteiger partial charge on any atom is 0.433 e. The van der Waals surface area contributed by atoms with Gasteiger partial charge in [-0.3, -0.25) is 14.5 Å². The van der Waals surface area contributed by atoms with Gasteiger partial charge in [0.25, 0.3) is 0 Å². The Bertz CT molecular complexity index is 1170. The number of rotatable bonds is 6. The number of aromatic nitrogens is 4. The second-order valence-corrected chi connectivity index (χ2v) is 8.01. The van der Waals surface area contributed by atoms with Crippen LogP contribution in [0.5, 0.6) is 0 Å². The number of pyridine rings is 2. The van der Waals surface area contributed by atoms with Crippen molar-refractivity contribution in [2.75, 3.05) is 36.4 Å². The van der Waals surface area contributed by atoms with Gasteiger partial charge in [0.2, 0.25) is 5.91 Å². The van der Waals surface area contributed by atoms with Crippen LogP contribution in [-0.2, 0) is 17.5 Å². The number of nitrogens with zero attached hydrogens (tertiary/aromatic N) is 6. The molecule has 3 aromatic heterocycles. The van der Waals surface area contributed by atoms with Crippen LogP contribution >= 0.6 is 0 Å². The van der Waals surface area contributed by atoms with E-state index in [4.69, 9.17) is 0 Å². The minimum absolute atomic E-state index is 0.108. The van der Waals surface area contributed by atoms with Gasteiger partial charge in [0.1, 0.15) is 18.1 Å². The number of anilines is 2. The molecule has 4 heterocycles. The van der Waals surface area contributed by atoms with Crippen molar-refractivity contribution in [2.24, 2.45) is 0 Å². The minimum atomic E-state index is -4.53. The molecule has 34 heavy (non-hydrogen) atoms. The quantitative estimate of drug-likeness (QED) is 0.591. The number of amides is 1. The molecular formula is C23H24F3N7O. The summed E-state index contributed by atoms with van der Waals surface area (Å²) in [4.78, 5) is 24.6. The fourth-order valence-corrected chi connectivity index (χ4v) is 3.69. The second-order valence-electron chi connectivity index (χ2n) is 8.01. The van der Waals surface area contributed by atoms with E-state index < -0.39 is 11.9 Å². The molecule has 1 fully saturated rings. The van der Waals surface area contributed by atoms with Crippen LogP contribution in [0.3, 0.4) is 0 Å². The number of halogens is 3. The highest BCUT2D eigenvalue weighted by atomic mass is 19.4. The molecule has 0 saturated carbocycles. The highest BCUT2D eigenvalue weighted by molar-refractivity contribution is 5.89. The average Bonchev–Trinajstić information content (AvgIpc) is 3.27. The van der Waals surface area contributed by atoms with E-state index in [0.29, 0.717) is 16.9 Å². The van der Waals surface area contributed by atoms with Crippen LogP contribution in [-0.4, -0.2) is 56.7 Å². The molecule has 1 aliphatic rings. The lowest BCUT2D eigenvalue weighted by Crippen LogP contribution is -2.45. The van der Waals surface area contributed by atoms with Crippen molar-refractivity contribution in [3.63, 3.8) is 0 Å². The predicted molar refractivity (Wildman–Crippen MR) is 122 cm³/mol. The number of piperazine rings is 1. The first kappa shape index (κ1) is 23.3. The third-order valence-corrected chi connectivity index (χ3v) is 5.52. The monoisotopic (exact) mass is 471 g/mol. The molecule has 3 aromatic rings. The Kier molecular flexibility index (Phi) is 6.53. The van der Waals surface area contributed by atoms with Crippen molar-refractivity contribution in [3.05, 3.63) is 67.0 Å². The average molecular weight is 471 g/mol. The van der Waals surface area contributed by atoms with E-state index in [1.54, 1.807) is 12.3 Å². The van der Waals surface area contributed by atoms with E-state index in [1.165, 1.54) is 23.1 Å². The highest BCUT2D eigenvalue weighted by Gasteiger charge is 2.32. The highest BCUT2D eigenvalue weighted by Crippen LogP contribution is 2.30. The van der Waals surface area contributed by atoms with Crippen molar-refractivity contribution in [1.29, 1.82) is 0 Å². The molecule has 4 rings (SSSR count). The van der Waals surface area contributed by atoms with Gasteiger partial charge < -0.3 is 15.1 Å². The lowest BCUT2D eigenvalue weighted by Gasteiger charge is -2.37. The standard InChI is InChI=1S/C23H24F3N7O/c1-16(2)31-7-9-32(10-8-31)19-3-4-21(28-13-19)30-22(34)15-33-14-18(12-29-33)17-5-6-27-20(11-17)23(24,25)26/h3-6,11-14H,1,7-10,15H2,2H3,(H,28,30,34). The third kappa shape index (κ3) is 5.53. The molecule has 178 valence electrons. The number of allylic oxidation sites excluding steroid dienone is 1. The van der Waals surface area contributed by atoms with Gasteiger partial charge in [-0.1, -0.05) is 6.58 Å². The van der Waals surface area contributed by atoms with Gasteiger partial charge in [0, 0.05) is 49.8 Å². The van der Waals surface area contributed by atoms with E-state index in [-0.39, 0.29) is 12.5 Å². The molecule has 0 spiro atoms. The van der Waals surface area contributed by atoms with Crippen molar-refractivity contribution in [3.8, 4) is 11.1 Å². The Hall–Kier alpha value is -3.89. The van der Waals surface area contributed by atoms with Crippen LogP contribution in [0.2, 0.25) is 0 Å². The van der Waals surface area contributed by atoms with Gasteiger partial charge in [0.05, 0.1) is 18.1 Å². The maximum absolute atomic E-state index is 12.9. The van der Waals surface area contributed by atoms with Crippen molar-refractivity contribution < 1.29 is 18.0 Å². The second kappa shape index (κ2) is 9.54. The predicted octanol–water partition coefficient (Wildman–Crippen LogP) is 3.65. The zero-order valence-electron chi connectivity index (χ0n) is 18.6. The zero-order valence-corrected chi connectivity index (χ0v) is 18.6. The summed E-state index contributed by atoms with van der Waals surface area (Å²) in [5.74, 6) is 0.0568. The summed E-state index contributed by atoms with van der Waals surface area (Å²) in [6.45, 7) is 9.40. The normalized spacial score (nSPS) is 14.2. The van der Waals surface area contributed by atoms with Crippen LogP contribution in [0.25, 0.3) is 11.1 Å². The topological polar surface area (TPSA) is 79.2 Å². The molecule has 1 aliphatic heterocycles. The number of hydrogen-bond donors (Lipinski definition) is 1. The summed E-state index contributed by atoms with van der Waals surface area (Å²) >= 11 is 0. The molecule has 1 N–H and O–H groups in total. The van der Waals surface area contributed by atoms with Gasteiger partial charge >= 0.3 is 6.18 Å². The molecule has 1 amide bonds. The third-order valence-electron chi connectivity index (χ3n) is 5.52. The fourth-order valence-electron chi connectivity index (χ4n) is 3.69. The van der Waals surface area contributed by atoms with Crippen molar-refractivity contribution in [1.82, 2.24) is 24.6 Å². The van der Waals surface area contributed by atoms with E-state index in [2.05, 4.69) is 36.8 Å². The van der Waals surface area contributed by atoms with Gasteiger partial charge in [0.15, 0.2) is 0 Å². The number of alkyl halides is 3. The summed E-state index contributed by atoms with van der Waals surface area (Å²) in [6, 6.07) is 6.06. The van der Waals surface area contributed by atoms with Crippen molar-refractivity contribution in [2.45, 2.75) is 19.6 Å². The summed E-state index contributed by atoms with van der Waals surface area (Å²) in [5.41, 5.74) is 1.83. The minimum Gasteiger partial charge on any atom is -0.372 e. The zero-order chi connectivity index (χ0) is 24.3. The van der Waals surface area contributed by atoms with Gasteiger partial charge in [-0.05, 0) is 36.8 Å². The molecule has 11 heteroatoms. The van der Waals surface area contributed by atoms with E-state index in [9.17, 15) is 18.0 Å². The first-order valence-corrected chi connectivity index (χ1v) is 10.7. The molecule has 0 bridgehead atoms. The molecule has 0 aliphatic carbocycles. The number of nitrogens with one attached hydrogen (secondary N) is 1. The first-order valence-electron chi connectivity index (χ1n) is 10.7. The maximum atomic E-state index is 12.9. The Balaban J connectivity index is 1.33. The van der Waals surface area contributed by atoms with E-state index in [1.807, 2.05) is 13.0 Å². The van der Waals surface area contributed by atoms with Crippen LogP contribution in [0.4, 0.5) is 24.7 Å². The summed E-state index contributed by atoms with van der Waals surface area (Å²) in [7, 11) is 0. The first-order chi connectivity index (χ1) is 16.2. The summed E-state index contributed by atoms with van der Waals surface area (Å²) in [5, 5.41) is 6.79. The Morgan fingerprint density at radius 3 is 2.50 bits per heavy atom. The van der Waals surface area contributed by atoms with Crippen molar-refractivity contribution >= 4 is 17.4 Å². The number of carbonyl (C=O) groups excluding carboxylic acids is 1. The van der Waals surface area contributed by atoms with Crippen LogP contribution in [0.1, 0.15) is 12.6 Å². The Morgan fingerprint density at radius 2 is 1.85 bits per heavy atom. The van der Waals surface area contributed by atoms with Gasteiger partial charge in [-0.25, -0.2) is 4.98 Å². The lowest BCUT2D eigenvalue weighted by atomic mass is 10.1. The Labute approximate surface area is 194 Å². The molecule has 0 radical (unpaired) electrons. The number of carbonyl (C=O) groups is 1. The molecule has 8 nitrogen and oxygen atoms in total. The molecule has 1 saturated heterocycles. The molecule has 0 atom stereocenters. The van der Waals surface area contributed by atoms with Gasteiger partial charge in [-0.15, -0.1) is 0 Å². The summed E-state index contributed by atoms with van der Waals surface area (Å²) in [6.07, 6.45) is 1.20. The molecule has 0 aromatic carbocycles. The van der Waals surface area contributed by atoms with Crippen LogP contribution in [0.15, 0.2) is 61.3 Å². The molecular weight excluding hydrogens is 447 g/mol. The van der Waals surface area contributed by atoms with E-state index in [0.717, 1.165) is 49.8 Å². The summed E-state index contributed by atoms with van der Waals surface area (Å²) < 4.78 is 40.0. The smallest absolute Gasteiger partial charge is 0.372 e. The van der Waals surface area contributed by atoms with E-state index >= 15 is 0 Å². The largest absolute Gasteiger partial charge is 0.433 e.